The summed E-state index contributed by atoms with van der Waals surface area (Å²) in [4.78, 5) is 13.2. The van der Waals surface area contributed by atoms with Crippen LogP contribution in [-0.2, 0) is 11.0 Å². The van der Waals surface area contributed by atoms with Crippen molar-refractivity contribution < 1.29 is 18.0 Å². The molecule has 1 aromatic rings. The van der Waals surface area contributed by atoms with Gasteiger partial charge in [-0.25, -0.2) is 0 Å². The van der Waals surface area contributed by atoms with Crippen molar-refractivity contribution in [1.82, 2.24) is 5.32 Å². The molecule has 0 saturated carbocycles. The van der Waals surface area contributed by atoms with E-state index in [4.69, 9.17) is 5.73 Å². The molecule has 0 radical (unpaired) electrons. The maximum absolute atomic E-state index is 12.6. The predicted molar refractivity (Wildman–Crippen MR) is 77.0 cm³/mol. The van der Waals surface area contributed by atoms with Crippen molar-refractivity contribution in [3.8, 4) is 0 Å². The van der Waals surface area contributed by atoms with Crippen molar-refractivity contribution in [1.29, 1.82) is 0 Å². The zero-order valence-corrected chi connectivity index (χ0v) is 12.3. The van der Waals surface area contributed by atoms with E-state index in [0.717, 1.165) is 12.1 Å². The van der Waals surface area contributed by atoms with Gasteiger partial charge in [-0.1, -0.05) is 13.8 Å². The number of nitrogens with zero attached hydrogens (tertiary/aromatic N) is 1. The Morgan fingerprint density at radius 1 is 1.38 bits per heavy atom. The van der Waals surface area contributed by atoms with Gasteiger partial charge in [0.15, 0.2) is 0 Å². The number of anilines is 2. The molecule has 3 N–H and O–H groups in total. The topological polar surface area (TPSA) is 58.4 Å². The van der Waals surface area contributed by atoms with Gasteiger partial charge in [0, 0.05) is 13.6 Å². The lowest BCUT2D eigenvalue weighted by Crippen LogP contribution is -2.37. The molecule has 0 atom stereocenters. The molecular weight excluding hydrogens is 283 g/mol. The fraction of sp³-hybridized carbons (Fsp3) is 0.500. The van der Waals surface area contributed by atoms with Crippen LogP contribution in [0.25, 0.3) is 0 Å². The Balaban J connectivity index is 2.75. The van der Waals surface area contributed by atoms with E-state index in [1.54, 1.807) is 7.05 Å². The van der Waals surface area contributed by atoms with Crippen molar-refractivity contribution in [2.75, 3.05) is 30.8 Å². The van der Waals surface area contributed by atoms with Crippen molar-refractivity contribution in [3.63, 3.8) is 0 Å². The number of nitrogens with one attached hydrogen (secondary N) is 1. The van der Waals surface area contributed by atoms with Crippen LogP contribution in [0.4, 0.5) is 24.5 Å². The SMILES string of the molecule is CC(C)CNC(=O)CN(C)c1ccc(C(F)(F)F)cc1N. The summed E-state index contributed by atoms with van der Waals surface area (Å²) >= 11 is 0. The van der Waals surface area contributed by atoms with E-state index < -0.39 is 11.7 Å². The van der Waals surface area contributed by atoms with Gasteiger partial charge in [-0.05, 0) is 24.1 Å². The lowest BCUT2D eigenvalue weighted by Gasteiger charge is -2.21. The molecule has 0 bridgehead atoms. The average molecular weight is 303 g/mol. The fourth-order valence-electron chi connectivity index (χ4n) is 1.75. The predicted octanol–water partition coefficient (Wildman–Crippen LogP) is 2.50. The first-order chi connectivity index (χ1) is 9.61. The molecule has 1 aromatic carbocycles. The molecule has 1 rings (SSSR count). The third kappa shape index (κ3) is 5.17. The molecule has 1 amide bonds. The number of halogens is 3. The van der Waals surface area contributed by atoms with E-state index in [0.29, 0.717) is 18.2 Å². The van der Waals surface area contributed by atoms with E-state index in [1.165, 1.54) is 11.0 Å². The van der Waals surface area contributed by atoms with E-state index in [-0.39, 0.29) is 18.1 Å². The molecule has 4 nitrogen and oxygen atoms in total. The van der Waals surface area contributed by atoms with Gasteiger partial charge in [0.25, 0.3) is 0 Å². The maximum Gasteiger partial charge on any atom is 0.416 e. The number of likely N-dealkylation sites (N-methyl/N-ethyl adjacent to an activating group) is 1. The van der Waals surface area contributed by atoms with Gasteiger partial charge in [-0.2, -0.15) is 13.2 Å². The largest absolute Gasteiger partial charge is 0.416 e. The van der Waals surface area contributed by atoms with Crippen LogP contribution in [0.3, 0.4) is 0 Å². The molecule has 0 fully saturated rings. The number of hydrogen-bond acceptors (Lipinski definition) is 3. The summed E-state index contributed by atoms with van der Waals surface area (Å²) in [5.74, 6) is 0.126. The van der Waals surface area contributed by atoms with Gasteiger partial charge in [0.2, 0.25) is 5.91 Å². The first kappa shape index (κ1) is 17.1. The first-order valence-electron chi connectivity index (χ1n) is 6.55. The van der Waals surface area contributed by atoms with Crippen LogP contribution in [0.5, 0.6) is 0 Å². The Morgan fingerprint density at radius 3 is 2.48 bits per heavy atom. The van der Waals surface area contributed by atoms with E-state index in [9.17, 15) is 18.0 Å². The smallest absolute Gasteiger partial charge is 0.397 e. The summed E-state index contributed by atoms with van der Waals surface area (Å²) in [6, 6.07) is 3.10. The average Bonchev–Trinajstić information content (AvgIpc) is 2.34. The van der Waals surface area contributed by atoms with Crippen molar-refractivity contribution in [3.05, 3.63) is 23.8 Å². The molecule has 0 spiro atoms. The van der Waals surface area contributed by atoms with E-state index in [2.05, 4.69) is 5.32 Å². The summed E-state index contributed by atoms with van der Waals surface area (Å²) in [5, 5.41) is 2.74. The lowest BCUT2D eigenvalue weighted by molar-refractivity contribution is -0.137. The quantitative estimate of drug-likeness (QED) is 0.822. The Morgan fingerprint density at radius 2 is 2.00 bits per heavy atom. The van der Waals surface area contributed by atoms with Gasteiger partial charge in [-0.3, -0.25) is 4.79 Å². The molecule has 0 unspecified atom stereocenters. The maximum atomic E-state index is 12.6. The molecule has 0 aliphatic rings. The Hall–Kier alpha value is -1.92. The van der Waals surface area contributed by atoms with Gasteiger partial charge in [-0.15, -0.1) is 0 Å². The molecule has 118 valence electrons. The zero-order chi connectivity index (χ0) is 16.2. The van der Waals surface area contributed by atoms with Crippen molar-refractivity contribution in [2.24, 2.45) is 5.92 Å². The highest BCUT2D eigenvalue weighted by molar-refractivity contribution is 5.83. The molecule has 21 heavy (non-hydrogen) atoms. The molecule has 0 aromatic heterocycles. The van der Waals surface area contributed by atoms with Gasteiger partial charge in [0.1, 0.15) is 0 Å². The number of carbonyl (C=O) groups excluding carboxylic acids is 1. The number of hydrogen-bond donors (Lipinski definition) is 2. The van der Waals surface area contributed by atoms with E-state index >= 15 is 0 Å². The molecule has 7 heteroatoms. The second-order valence-corrected chi connectivity index (χ2v) is 5.33. The summed E-state index contributed by atoms with van der Waals surface area (Å²) in [7, 11) is 1.61. The van der Waals surface area contributed by atoms with Crippen molar-refractivity contribution >= 4 is 17.3 Å². The van der Waals surface area contributed by atoms with Gasteiger partial charge < -0.3 is 16.0 Å². The van der Waals surface area contributed by atoms with Crippen LogP contribution in [0.1, 0.15) is 19.4 Å². The zero-order valence-electron chi connectivity index (χ0n) is 12.3. The summed E-state index contributed by atoms with van der Waals surface area (Å²) < 4.78 is 37.7. The normalized spacial score (nSPS) is 11.6. The summed E-state index contributed by atoms with van der Waals surface area (Å²) in [6.07, 6.45) is -4.43. The van der Waals surface area contributed by atoms with Crippen LogP contribution in [0.15, 0.2) is 18.2 Å². The van der Waals surface area contributed by atoms with Gasteiger partial charge in [0.05, 0.1) is 23.5 Å². The standard InChI is InChI=1S/C14H20F3N3O/c1-9(2)7-19-13(21)8-20(3)12-5-4-10(6-11(12)18)14(15,16)17/h4-6,9H,7-8,18H2,1-3H3,(H,19,21). The lowest BCUT2D eigenvalue weighted by atomic mass is 10.1. The van der Waals surface area contributed by atoms with Crippen LogP contribution in [0.2, 0.25) is 0 Å². The summed E-state index contributed by atoms with van der Waals surface area (Å²) in [5.41, 5.74) is 5.22. The highest BCUT2D eigenvalue weighted by atomic mass is 19.4. The first-order valence-corrected chi connectivity index (χ1v) is 6.55. The Bertz CT molecular complexity index is 501. The highest BCUT2D eigenvalue weighted by Gasteiger charge is 2.31. The number of nitrogens with two attached hydrogens (primary N) is 1. The Kier molecular flexibility index (Phi) is 5.46. The van der Waals surface area contributed by atoms with Crippen LogP contribution >= 0.6 is 0 Å². The molecule has 0 heterocycles. The minimum absolute atomic E-state index is 0.0102. The molecule has 0 aliphatic heterocycles. The minimum Gasteiger partial charge on any atom is -0.397 e. The number of carbonyl (C=O) groups is 1. The Labute approximate surface area is 122 Å². The summed E-state index contributed by atoms with van der Waals surface area (Å²) in [6.45, 7) is 4.52. The fourth-order valence-corrected chi connectivity index (χ4v) is 1.75. The minimum atomic E-state index is -4.43. The highest BCUT2D eigenvalue weighted by Crippen LogP contribution is 2.33. The van der Waals surface area contributed by atoms with Crippen molar-refractivity contribution in [2.45, 2.75) is 20.0 Å². The number of nitrogen functional groups attached to an aromatic ring is 1. The monoisotopic (exact) mass is 303 g/mol. The van der Waals surface area contributed by atoms with Crippen LogP contribution in [-0.4, -0.2) is 26.0 Å². The third-order valence-corrected chi connectivity index (χ3v) is 2.85. The number of rotatable bonds is 5. The second kappa shape index (κ2) is 6.69. The number of alkyl halides is 3. The van der Waals surface area contributed by atoms with Crippen LogP contribution in [0, 0.1) is 5.92 Å². The molecule has 0 saturated heterocycles. The van der Waals surface area contributed by atoms with Gasteiger partial charge >= 0.3 is 6.18 Å². The second-order valence-electron chi connectivity index (χ2n) is 5.33. The van der Waals surface area contributed by atoms with Crippen LogP contribution < -0.4 is 16.0 Å². The molecular formula is C14H20F3N3O. The molecule has 0 aliphatic carbocycles. The number of benzene rings is 1. The third-order valence-electron chi connectivity index (χ3n) is 2.85. The van der Waals surface area contributed by atoms with E-state index in [1.807, 2.05) is 13.8 Å². The number of amides is 1.